The molecule has 20 heavy (non-hydrogen) atoms. The van der Waals surface area contributed by atoms with Crippen molar-refractivity contribution in [2.75, 3.05) is 17.7 Å². The van der Waals surface area contributed by atoms with Crippen LogP contribution in [0.4, 0.5) is 17.3 Å². The molecule has 0 aliphatic carbocycles. The summed E-state index contributed by atoms with van der Waals surface area (Å²) in [7, 11) is 1.84. The molecule has 0 spiro atoms. The quantitative estimate of drug-likeness (QED) is 0.871. The summed E-state index contributed by atoms with van der Waals surface area (Å²) in [4.78, 5) is 8.79. The number of hydrogen-bond acceptors (Lipinski definition) is 5. The van der Waals surface area contributed by atoms with Crippen LogP contribution in [0.5, 0.6) is 0 Å². The van der Waals surface area contributed by atoms with Crippen molar-refractivity contribution >= 4 is 17.3 Å². The maximum Gasteiger partial charge on any atom is 0.136 e. The molecule has 1 aromatic carbocycles. The first-order valence-electron chi connectivity index (χ1n) is 6.53. The number of nitrogens with zero attached hydrogens (tertiary/aromatic N) is 3. The van der Waals surface area contributed by atoms with Gasteiger partial charge in [-0.05, 0) is 17.7 Å². The van der Waals surface area contributed by atoms with Crippen molar-refractivity contribution in [2.24, 2.45) is 0 Å². The SMILES string of the molecule is CCc1nc(NC)cc(Nc2ccc(CC#N)cc2)n1. The second-order valence-corrected chi connectivity index (χ2v) is 4.32. The molecule has 0 unspecified atom stereocenters. The minimum atomic E-state index is 0.428. The number of aryl methyl sites for hydroxylation is 1. The molecule has 0 saturated heterocycles. The van der Waals surface area contributed by atoms with Gasteiger partial charge in [-0.25, -0.2) is 9.97 Å². The average Bonchev–Trinajstić information content (AvgIpc) is 2.49. The lowest BCUT2D eigenvalue weighted by Gasteiger charge is -2.09. The molecule has 0 aliphatic heterocycles. The summed E-state index contributed by atoms with van der Waals surface area (Å²) < 4.78 is 0. The van der Waals surface area contributed by atoms with Crippen molar-refractivity contribution < 1.29 is 0 Å². The van der Waals surface area contributed by atoms with Crippen molar-refractivity contribution in [3.8, 4) is 6.07 Å². The minimum absolute atomic E-state index is 0.428. The van der Waals surface area contributed by atoms with Gasteiger partial charge in [-0.2, -0.15) is 5.26 Å². The van der Waals surface area contributed by atoms with Crippen LogP contribution in [-0.4, -0.2) is 17.0 Å². The second-order valence-electron chi connectivity index (χ2n) is 4.32. The molecule has 0 bridgehead atoms. The monoisotopic (exact) mass is 267 g/mol. The lowest BCUT2D eigenvalue weighted by Crippen LogP contribution is -2.03. The van der Waals surface area contributed by atoms with Crippen LogP contribution in [0.25, 0.3) is 0 Å². The Labute approximate surface area is 118 Å². The van der Waals surface area contributed by atoms with Crippen molar-refractivity contribution in [2.45, 2.75) is 19.8 Å². The van der Waals surface area contributed by atoms with Crippen LogP contribution in [0, 0.1) is 11.3 Å². The van der Waals surface area contributed by atoms with Gasteiger partial charge in [0.05, 0.1) is 12.5 Å². The molecule has 2 N–H and O–H groups in total. The molecule has 0 saturated carbocycles. The maximum absolute atomic E-state index is 8.65. The first-order chi connectivity index (χ1) is 9.75. The van der Waals surface area contributed by atoms with Gasteiger partial charge in [0.25, 0.3) is 0 Å². The third-order valence-corrected chi connectivity index (χ3v) is 2.85. The Hall–Kier alpha value is -2.61. The zero-order chi connectivity index (χ0) is 14.4. The zero-order valence-electron chi connectivity index (χ0n) is 11.6. The molecule has 2 rings (SSSR count). The molecule has 0 amide bonds. The normalized spacial score (nSPS) is 9.85. The summed E-state index contributed by atoms with van der Waals surface area (Å²) in [6.07, 6.45) is 1.21. The van der Waals surface area contributed by atoms with Crippen molar-refractivity contribution in [1.29, 1.82) is 5.26 Å². The van der Waals surface area contributed by atoms with Crippen molar-refractivity contribution in [3.63, 3.8) is 0 Å². The first-order valence-corrected chi connectivity index (χ1v) is 6.53. The Kier molecular flexibility index (Phi) is 4.51. The van der Waals surface area contributed by atoms with E-state index in [0.29, 0.717) is 6.42 Å². The number of benzene rings is 1. The molecule has 0 radical (unpaired) electrons. The molecule has 1 heterocycles. The third-order valence-electron chi connectivity index (χ3n) is 2.85. The van der Waals surface area contributed by atoms with Crippen LogP contribution in [0.3, 0.4) is 0 Å². The highest BCUT2D eigenvalue weighted by Gasteiger charge is 2.03. The molecular formula is C15H17N5. The van der Waals surface area contributed by atoms with Crippen LogP contribution in [0.15, 0.2) is 30.3 Å². The van der Waals surface area contributed by atoms with E-state index in [0.717, 1.165) is 35.1 Å². The fourth-order valence-corrected chi connectivity index (χ4v) is 1.79. The van der Waals surface area contributed by atoms with Gasteiger partial charge in [-0.1, -0.05) is 19.1 Å². The molecule has 5 nitrogen and oxygen atoms in total. The molecule has 0 atom stereocenters. The summed E-state index contributed by atoms with van der Waals surface area (Å²) in [5, 5.41) is 14.9. The molecule has 1 aromatic heterocycles. The highest BCUT2D eigenvalue weighted by Crippen LogP contribution is 2.18. The molecule has 2 aromatic rings. The second kappa shape index (κ2) is 6.53. The number of anilines is 3. The first kappa shape index (κ1) is 13.8. The van der Waals surface area contributed by atoms with Crippen molar-refractivity contribution in [3.05, 3.63) is 41.7 Å². The lowest BCUT2D eigenvalue weighted by molar-refractivity contribution is 0.944. The Balaban J connectivity index is 2.18. The third kappa shape index (κ3) is 3.45. The predicted molar refractivity (Wildman–Crippen MR) is 80.0 cm³/mol. The topological polar surface area (TPSA) is 73.6 Å². The van der Waals surface area contributed by atoms with Gasteiger partial charge in [0, 0.05) is 25.2 Å². The largest absolute Gasteiger partial charge is 0.373 e. The highest BCUT2D eigenvalue weighted by atomic mass is 15.1. The minimum Gasteiger partial charge on any atom is -0.373 e. The van der Waals surface area contributed by atoms with Gasteiger partial charge in [0.15, 0.2) is 0 Å². The van der Waals surface area contributed by atoms with Crippen LogP contribution in [-0.2, 0) is 12.8 Å². The van der Waals surface area contributed by atoms with E-state index in [1.54, 1.807) is 0 Å². The Morgan fingerprint density at radius 1 is 1.15 bits per heavy atom. The summed E-state index contributed by atoms with van der Waals surface area (Å²) in [6.45, 7) is 2.02. The summed E-state index contributed by atoms with van der Waals surface area (Å²) in [6, 6.07) is 11.8. The number of nitriles is 1. The Bertz CT molecular complexity index is 591. The van der Waals surface area contributed by atoms with Crippen LogP contribution >= 0.6 is 0 Å². The van der Waals surface area contributed by atoms with E-state index in [2.05, 4.69) is 26.7 Å². The van der Waals surface area contributed by atoms with Gasteiger partial charge in [0.1, 0.15) is 17.5 Å². The van der Waals surface area contributed by atoms with Gasteiger partial charge >= 0.3 is 0 Å². The van der Waals surface area contributed by atoms with Gasteiger partial charge in [-0.15, -0.1) is 0 Å². The lowest BCUT2D eigenvalue weighted by atomic mass is 10.1. The van der Waals surface area contributed by atoms with E-state index in [4.69, 9.17) is 5.26 Å². The Morgan fingerprint density at radius 3 is 2.45 bits per heavy atom. The van der Waals surface area contributed by atoms with E-state index in [9.17, 15) is 0 Å². The summed E-state index contributed by atoms with van der Waals surface area (Å²) >= 11 is 0. The van der Waals surface area contributed by atoms with Gasteiger partial charge < -0.3 is 10.6 Å². The van der Waals surface area contributed by atoms with E-state index >= 15 is 0 Å². The number of aromatic nitrogens is 2. The van der Waals surface area contributed by atoms with Gasteiger partial charge in [-0.3, -0.25) is 0 Å². The number of rotatable bonds is 5. The molecular weight excluding hydrogens is 250 g/mol. The molecule has 102 valence electrons. The van der Waals surface area contributed by atoms with E-state index in [1.807, 2.05) is 44.3 Å². The highest BCUT2D eigenvalue weighted by molar-refractivity contribution is 5.59. The smallest absolute Gasteiger partial charge is 0.136 e. The summed E-state index contributed by atoms with van der Waals surface area (Å²) in [5.41, 5.74) is 1.94. The predicted octanol–water partition coefficient (Wildman–Crippen LogP) is 2.89. The number of nitrogens with one attached hydrogen (secondary N) is 2. The fourth-order valence-electron chi connectivity index (χ4n) is 1.79. The maximum atomic E-state index is 8.65. The fraction of sp³-hybridized carbons (Fsp3) is 0.267. The van der Waals surface area contributed by atoms with E-state index in [-0.39, 0.29) is 0 Å². The van der Waals surface area contributed by atoms with E-state index in [1.165, 1.54) is 0 Å². The van der Waals surface area contributed by atoms with E-state index < -0.39 is 0 Å². The van der Waals surface area contributed by atoms with Crippen LogP contribution < -0.4 is 10.6 Å². The zero-order valence-corrected chi connectivity index (χ0v) is 11.6. The van der Waals surface area contributed by atoms with Crippen LogP contribution in [0.2, 0.25) is 0 Å². The summed E-state index contributed by atoms with van der Waals surface area (Å²) in [5.74, 6) is 2.34. The number of hydrogen-bond donors (Lipinski definition) is 2. The Morgan fingerprint density at radius 2 is 1.85 bits per heavy atom. The van der Waals surface area contributed by atoms with Crippen molar-refractivity contribution in [1.82, 2.24) is 9.97 Å². The molecule has 0 aliphatic rings. The van der Waals surface area contributed by atoms with Crippen LogP contribution in [0.1, 0.15) is 18.3 Å². The molecule has 0 fully saturated rings. The average molecular weight is 267 g/mol. The standard InChI is InChI=1S/C15H17N5/c1-3-13-19-14(17-2)10-15(20-13)18-12-6-4-11(5-7-12)8-9-16/h4-7,10H,3,8H2,1-2H3,(H2,17,18,19,20). The van der Waals surface area contributed by atoms with Gasteiger partial charge in [0.2, 0.25) is 0 Å². The molecule has 5 heteroatoms.